The van der Waals surface area contributed by atoms with E-state index in [2.05, 4.69) is 0 Å². The fraction of sp³-hybridized carbons (Fsp3) is 0.375. The molecular weight excluding hydrogens is 829 g/mol. The molecule has 0 radical (unpaired) electrons. The molecule has 0 aliphatic carbocycles. The van der Waals surface area contributed by atoms with E-state index in [4.69, 9.17) is 33.2 Å². The second kappa shape index (κ2) is 20.6. The first-order valence-electron chi connectivity index (χ1n) is 21.0. The van der Waals surface area contributed by atoms with Crippen molar-refractivity contribution in [2.45, 2.75) is 65.3 Å². The number of nitrogens with zero attached hydrogens (tertiary/aromatic N) is 2. The summed E-state index contributed by atoms with van der Waals surface area (Å²) in [6, 6.07) is 23.0. The van der Waals surface area contributed by atoms with E-state index < -0.39 is 23.3 Å². The molecule has 2 aliphatic rings. The molecule has 338 valence electrons. The normalized spacial score (nSPS) is 15.1. The van der Waals surface area contributed by atoms with Crippen LogP contribution in [-0.4, -0.2) is 115 Å². The van der Waals surface area contributed by atoms with Gasteiger partial charge in [0.25, 0.3) is 11.8 Å². The lowest BCUT2D eigenvalue weighted by atomic mass is 9.91. The lowest BCUT2D eigenvalue weighted by molar-refractivity contribution is -0.250. The highest BCUT2D eigenvalue weighted by molar-refractivity contribution is 6.03. The van der Waals surface area contributed by atoms with Gasteiger partial charge in [-0.2, -0.15) is 0 Å². The number of carbonyl (C=O) groups is 6. The summed E-state index contributed by atoms with van der Waals surface area (Å²) < 4.78 is 40.9. The van der Waals surface area contributed by atoms with Crippen LogP contribution in [0.25, 0.3) is 0 Å². The van der Waals surface area contributed by atoms with Crippen LogP contribution in [0.15, 0.2) is 84.9 Å². The number of carboxylic acids is 1. The number of Topliss-reactive ketones (excluding diaryl/α,β-unsaturated/α-hetero) is 2. The van der Waals surface area contributed by atoms with Crippen LogP contribution in [0.2, 0.25) is 0 Å². The van der Waals surface area contributed by atoms with Crippen molar-refractivity contribution >= 4 is 35.3 Å². The summed E-state index contributed by atoms with van der Waals surface area (Å²) in [6.07, 6.45) is -0.134. The van der Waals surface area contributed by atoms with Crippen molar-refractivity contribution < 1.29 is 67.0 Å². The zero-order valence-corrected chi connectivity index (χ0v) is 36.5. The Labute approximate surface area is 370 Å². The van der Waals surface area contributed by atoms with Crippen LogP contribution in [-0.2, 0) is 36.6 Å². The highest BCUT2D eigenvalue weighted by Crippen LogP contribution is 2.32. The zero-order chi connectivity index (χ0) is 46.0. The molecule has 64 heavy (non-hydrogen) atoms. The first kappa shape index (κ1) is 46.7. The molecule has 2 heterocycles. The molecule has 2 amide bonds. The number of esters is 1. The van der Waals surface area contributed by atoms with Gasteiger partial charge in [0.2, 0.25) is 0 Å². The molecule has 0 saturated heterocycles. The van der Waals surface area contributed by atoms with Gasteiger partial charge in [-0.05, 0) is 106 Å². The molecule has 16 heteroatoms. The standard InChI is InChI=1S/C48H52N2O14/c1-6-47(62-7-2,27-33-9-15-37(16-10-33)58-23-21-49-29-60-41-19-13-35(31(4)51)25-39(41)43(49)53)46(57)64-48(45(55)56,63-8-3)28-34-11-17-38(18-12-34)59-24-22-50-30-61-42-20-14-36(32(5)52)26-40(42)44(50)54/h9-20,25-26H,6-8,21-24,27-30H2,1-5H3,(H,55,56). The highest BCUT2D eigenvalue weighted by atomic mass is 16.7. The van der Waals surface area contributed by atoms with Crippen LogP contribution in [0.1, 0.15) is 93.6 Å². The molecule has 2 aliphatic heterocycles. The average Bonchev–Trinajstić information content (AvgIpc) is 3.28. The Bertz CT molecular complexity index is 2370. The van der Waals surface area contributed by atoms with Crippen molar-refractivity contribution in [1.29, 1.82) is 0 Å². The minimum absolute atomic E-state index is 0.0231. The number of carboxylic acid groups (broad SMARTS) is 1. The molecule has 16 nitrogen and oxygen atoms in total. The maximum Gasteiger partial charge on any atom is 0.377 e. The van der Waals surface area contributed by atoms with Crippen molar-refractivity contribution in [3.8, 4) is 23.0 Å². The summed E-state index contributed by atoms with van der Waals surface area (Å²) in [6.45, 7) is 8.75. The molecule has 0 spiro atoms. The maximum atomic E-state index is 14.2. The molecule has 2 unspecified atom stereocenters. The predicted octanol–water partition coefficient (Wildman–Crippen LogP) is 6.17. The van der Waals surface area contributed by atoms with Gasteiger partial charge in [0.1, 0.15) is 36.2 Å². The third-order valence-corrected chi connectivity index (χ3v) is 10.9. The number of ketones is 2. The molecule has 4 aromatic rings. The minimum atomic E-state index is -2.39. The molecule has 2 atom stereocenters. The monoisotopic (exact) mass is 880 g/mol. The average molecular weight is 881 g/mol. The molecule has 0 saturated carbocycles. The fourth-order valence-electron chi connectivity index (χ4n) is 7.33. The van der Waals surface area contributed by atoms with Crippen LogP contribution >= 0.6 is 0 Å². The Morgan fingerprint density at radius 1 is 0.641 bits per heavy atom. The topological polar surface area (TPSA) is 194 Å². The number of rotatable bonds is 22. The Kier molecular flexibility index (Phi) is 15.0. The van der Waals surface area contributed by atoms with Crippen LogP contribution < -0.4 is 18.9 Å². The lowest BCUT2D eigenvalue weighted by Crippen LogP contribution is -2.54. The van der Waals surface area contributed by atoms with E-state index in [0.29, 0.717) is 56.4 Å². The number of fused-ring (bicyclic) bond motifs is 2. The summed E-state index contributed by atoms with van der Waals surface area (Å²) in [5.74, 6) is -3.88. The molecule has 4 aromatic carbocycles. The SMILES string of the molecule is CCOC(CC)(Cc1ccc(OCCN2COc3ccc(C(C)=O)cc3C2=O)cc1)C(=O)OC(Cc1ccc(OCCN2COc3ccc(C(C)=O)cc3C2=O)cc1)(OCC)C(=O)O. The number of ether oxygens (including phenoxy) is 7. The largest absolute Gasteiger partial charge is 0.492 e. The smallest absolute Gasteiger partial charge is 0.377 e. The molecule has 6 rings (SSSR count). The van der Waals surface area contributed by atoms with Gasteiger partial charge in [-0.1, -0.05) is 31.2 Å². The van der Waals surface area contributed by atoms with Gasteiger partial charge in [-0.15, -0.1) is 0 Å². The van der Waals surface area contributed by atoms with E-state index in [0.717, 1.165) is 0 Å². The molecule has 0 fully saturated rings. The second-order valence-corrected chi connectivity index (χ2v) is 15.2. The number of benzene rings is 4. The third-order valence-electron chi connectivity index (χ3n) is 10.9. The van der Waals surface area contributed by atoms with Gasteiger partial charge in [0, 0.05) is 30.8 Å². The summed E-state index contributed by atoms with van der Waals surface area (Å²) in [7, 11) is 0. The van der Waals surface area contributed by atoms with E-state index in [1.165, 1.54) is 35.8 Å². The van der Waals surface area contributed by atoms with Gasteiger partial charge in [-0.3, -0.25) is 19.2 Å². The Morgan fingerprint density at radius 3 is 1.50 bits per heavy atom. The first-order valence-corrected chi connectivity index (χ1v) is 21.0. The summed E-state index contributed by atoms with van der Waals surface area (Å²) in [5, 5.41) is 10.5. The van der Waals surface area contributed by atoms with Gasteiger partial charge in [0.15, 0.2) is 30.6 Å². The number of amides is 2. The molecular formula is C48H52N2O14. The number of hydrogen-bond donors (Lipinski definition) is 1. The quantitative estimate of drug-likeness (QED) is 0.0536. The van der Waals surface area contributed by atoms with Crippen LogP contribution in [0.4, 0.5) is 0 Å². The third kappa shape index (κ3) is 10.7. The van der Waals surface area contributed by atoms with Crippen LogP contribution in [0.3, 0.4) is 0 Å². The lowest BCUT2D eigenvalue weighted by Gasteiger charge is -2.36. The Balaban J connectivity index is 1.05. The highest BCUT2D eigenvalue weighted by Gasteiger charge is 2.50. The fourth-order valence-corrected chi connectivity index (χ4v) is 7.33. The van der Waals surface area contributed by atoms with E-state index >= 15 is 0 Å². The van der Waals surface area contributed by atoms with E-state index in [-0.39, 0.29) is 95.6 Å². The van der Waals surface area contributed by atoms with Crippen molar-refractivity contribution in [1.82, 2.24) is 9.80 Å². The minimum Gasteiger partial charge on any atom is -0.492 e. The zero-order valence-electron chi connectivity index (χ0n) is 36.5. The maximum absolute atomic E-state index is 14.2. The van der Waals surface area contributed by atoms with Crippen molar-refractivity contribution in [3.63, 3.8) is 0 Å². The van der Waals surface area contributed by atoms with Gasteiger partial charge in [-0.25, -0.2) is 9.59 Å². The first-order chi connectivity index (χ1) is 30.7. The molecule has 0 aromatic heterocycles. The van der Waals surface area contributed by atoms with Crippen LogP contribution in [0, 0.1) is 0 Å². The number of hydrogen-bond acceptors (Lipinski definition) is 13. The summed E-state index contributed by atoms with van der Waals surface area (Å²) in [4.78, 5) is 80.0. The van der Waals surface area contributed by atoms with Gasteiger partial charge >= 0.3 is 17.7 Å². The summed E-state index contributed by atoms with van der Waals surface area (Å²) >= 11 is 0. The van der Waals surface area contributed by atoms with Crippen molar-refractivity contribution in [2.75, 3.05) is 53.0 Å². The van der Waals surface area contributed by atoms with E-state index in [1.54, 1.807) is 93.6 Å². The predicted molar refractivity (Wildman–Crippen MR) is 230 cm³/mol. The summed E-state index contributed by atoms with van der Waals surface area (Å²) in [5.41, 5.74) is 1.04. The molecule has 1 N–H and O–H groups in total. The Hall–Kier alpha value is -6.78. The number of carbonyl (C=O) groups excluding carboxylic acids is 5. The van der Waals surface area contributed by atoms with Gasteiger partial charge in [0.05, 0.1) is 30.6 Å². The Morgan fingerprint density at radius 2 is 1.09 bits per heavy atom. The number of aliphatic carboxylic acids is 1. The van der Waals surface area contributed by atoms with Crippen molar-refractivity contribution in [2.24, 2.45) is 0 Å². The van der Waals surface area contributed by atoms with Crippen LogP contribution in [0.5, 0.6) is 23.0 Å². The van der Waals surface area contributed by atoms with E-state index in [1.807, 2.05) is 0 Å². The van der Waals surface area contributed by atoms with Gasteiger partial charge < -0.3 is 48.1 Å². The second-order valence-electron chi connectivity index (χ2n) is 15.2. The molecule has 0 bridgehead atoms. The van der Waals surface area contributed by atoms with E-state index in [9.17, 15) is 33.9 Å². The van der Waals surface area contributed by atoms with Crippen molar-refractivity contribution in [3.05, 3.63) is 118 Å².